The van der Waals surface area contributed by atoms with Gasteiger partial charge in [-0.25, -0.2) is 4.98 Å². The van der Waals surface area contributed by atoms with Crippen molar-refractivity contribution in [1.29, 1.82) is 0 Å². The van der Waals surface area contributed by atoms with Gasteiger partial charge in [0.2, 0.25) is 0 Å². The van der Waals surface area contributed by atoms with Crippen molar-refractivity contribution in [3.05, 3.63) is 148 Å². The average molecular weight is 738 g/mol. The molecule has 3 heterocycles. The summed E-state index contributed by atoms with van der Waals surface area (Å²) in [6.45, 7) is 2.16. The zero-order chi connectivity index (χ0) is 38.5. The fourth-order valence-corrected chi connectivity index (χ4v) is 6.38. The molecule has 0 bridgehead atoms. The van der Waals surface area contributed by atoms with Crippen LogP contribution >= 0.6 is 0 Å². The molecule has 0 spiro atoms. The lowest BCUT2D eigenvalue weighted by atomic mass is 10.1. The Morgan fingerprint density at radius 3 is 2.31 bits per heavy atom. The Labute approximate surface area is 316 Å². The van der Waals surface area contributed by atoms with Gasteiger partial charge in [0.1, 0.15) is 11.4 Å². The van der Waals surface area contributed by atoms with Gasteiger partial charge in [0.25, 0.3) is 11.8 Å². The van der Waals surface area contributed by atoms with Crippen molar-refractivity contribution in [2.45, 2.75) is 19.5 Å². The Hall–Kier alpha value is -6.99. The van der Waals surface area contributed by atoms with Crippen molar-refractivity contribution in [2.24, 2.45) is 7.05 Å². The fourth-order valence-electron chi connectivity index (χ4n) is 6.38. The molecule has 0 unspecified atom stereocenters. The number of nitrogens with one attached hydrogen (secondary N) is 2. The first-order chi connectivity index (χ1) is 26.7. The van der Waals surface area contributed by atoms with E-state index in [9.17, 15) is 14.4 Å². The quantitative estimate of drug-likeness (QED) is 0.120. The summed E-state index contributed by atoms with van der Waals surface area (Å²) < 4.78 is 18.5. The first-order valence-corrected chi connectivity index (χ1v) is 17.5. The summed E-state index contributed by atoms with van der Waals surface area (Å²) >= 11 is 0. The monoisotopic (exact) mass is 737 g/mol. The van der Waals surface area contributed by atoms with Crippen LogP contribution in [0.4, 0.5) is 17.2 Å². The number of para-hydroxylation sites is 1. The normalized spacial score (nSPS) is 11.2. The van der Waals surface area contributed by atoms with Crippen molar-refractivity contribution < 1.29 is 23.5 Å². The first-order valence-electron chi connectivity index (χ1n) is 17.5. The molecular weight excluding hydrogens is 699 g/mol. The van der Waals surface area contributed by atoms with Gasteiger partial charge in [-0.2, -0.15) is 5.10 Å². The van der Waals surface area contributed by atoms with E-state index in [2.05, 4.69) is 43.8 Å². The van der Waals surface area contributed by atoms with Gasteiger partial charge in [-0.1, -0.05) is 36.4 Å². The Bertz CT molecular complexity index is 2560. The van der Waals surface area contributed by atoms with E-state index >= 15 is 0 Å². The summed E-state index contributed by atoms with van der Waals surface area (Å²) in [4.78, 5) is 46.4. The molecule has 0 aliphatic heterocycles. The van der Waals surface area contributed by atoms with E-state index in [0.29, 0.717) is 23.4 Å². The third-order valence-electron chi connectivity index (χ3n) is 9.27. The van der Waals surface area contributed by atoms with Gasteiger partial charge in [0, 0.05) is 56.1 Å². The molecule has 0 saturated heterocycles. The van der Waals surface area contributed by atoms with Crippen LogP contribution in [0.25, 0.3) is 21.9 Å². The number of carbonyl (C=O) groups is 2. The number of amides is 2. The Balaban J connectivity index is 1.06. The third-order valence-corrected chi connectivity index (χ3v) is 9.27. The van der Waals surface area contributed by atoms with Gasteiger partial charge in [-0.15, -0.1) is 0 Å². The second-order valence-electron chi connectivity index (χ2n) is 13.0. The summed E-state index contributed by atoms with van der Waals surface area (Å²) in [7, 11) is 4.83. The molecule has 0 aliphatic carbocycles. The zero-order valence-electron chi connectivity index (χ0n) is 30.5. The van der Waals surface area contributed by atoms with Gasteiger partial charge in [-0.05, 0) is 71.6 Å². The minimum absolute atomic E-state index is 0.107. The summed E-state index contributed by atoms with van der Waals surface area (Å²) in [6, 6.07) is 28.5. The molecule has 2 amide bonds. The molecule has 4 N–H and O–H groups in total. The molecule has 13 nitrogen and oxygen atoms in total. The van der Waals surface area contributed by atoms with Gasteiger partial charge in [0.15, 0.2) is 22.7 Å². The highest BCUT2D eigenvalue weighted by Gasteiger charge is 2.21. The van der Waals surface area contributed by atoms with Crippen molar-refractivity contribution in [3.63, 3.8) is 0 Å². The number of fused-ring (bicyclic) bond motifs is 2. The van der Waals surface area contributed by atoms with Gasteiger partial charge < -0.3 is 30.3 Å². The molecule has 0 atom stereocenters. The van der Waals surface area contributed by atoms with Gasteiger partial charge >= 0.3 is 0 Å². The number of rotatable bonds is 13. The molecule has 13 heteroatoms. The van der Waals surface area contributed by atoms with E-state index in [4.69, 9.17) is 19.6 Å². The molecule has 0 fully saturated rings. The molecule has 7 aromatic rings. The lowest BCUT2D eigenvalue weighted by Crippen LogP contribution is -2.25. The predicted octanol–water partition coefficient (Wildman–Crippen LogP) is 6.42. The maximum atomic E-state index is 13.7. The number of carbonyl (C=O) groups excluding carboxylic acids is 2. The Morgan fingerprint density at radius 1 is 0.818 bits per heavy atom. The van der Waals surface area contributed by atoms with Gasteiger partial charge in [0.05, 0.1) is 42.6 Å². The largest absolute Gasteiger partial charge is 0.493 e. The number of aromatic nitrogens is 3. The van der Waals surface area contributed by atoms with Crippen LogP contribution < -0.4 is 31.3 Å². The number of hydrogen-bond donors (Lipinski definition) is 3. The molecule has 55 heavy (non-hydrogen) atoms. The van der Waals surface area contributed by atoms with E-state index < -0.39 is 11.8 Å². The number of methoxy groups -OCH3 is 2. The molecule has 4 aromatic carbocycles. The van der Waals surface area contributed by atoms with Gasteiger partial charge in [-0.3, -0.25) is 24.0 Å². The maximum absolute atomic E-state index is 13.7. The Morgan fingerprint density at radius 2 is 1.55 bits per heavy atom. The van der Waals surface area contributed by atoms with Crippen molar-refractivity contribution in [3.8, 4) is 11.5 Å². The number of nitrogens with two attached hydrogens (primary N) is 1. The van der Waals surface area contributed by atoms with Crippen LogP contribution in [0.5, 0.6) is 11.5 Å². The molecule has 3 aromatic heterocycles. The molecule has 278 valence electrons. The standard InChI is InChI=1S/C42H39N7O6/c1-48-34-14-10-27(18-29(34)23-45-48)24-49(25-28-11-15-40(43)44-22-28)17-16-26-8-12-30(13-9-26)46-41(51)32-19-37(53-2)38(54-3)20-33(32)47-42(52)39-21-35(50)31-6-4-5-7-36(31)55-39/h4-15,18-23H,16-17,24-25H2,1-3H3,(H2,43,44)(H,46,51)(H,47,52). The highest BCUT2D eigenvalue weighted by molar-refractivity contribution is 6.12. The van der Waals surface area contributed by atoms with E-state index in [1.807, 2.05) is 54.3 Å². The highest BCUT2D eigenvalue weighted by atomic mass is 16.5. The summed E-state index contributed by atoms with van der Waals surface area (Å²) in [5.74, 6) is -0.368. The molecule has 7 rings (SSSR count). The van der Waals surface area contributed by atoms with Crippen LogP contribution in [-0.2, 0) is 26.6 Å². The lowest BCUT2D eigenvalue weighted by molar-refractivity contribution is 0.0997. The summed E-state index contributed by atoms with van der Waals surface area (Å²) in [5.41, 5.74) is 10.9. The first kappa shape index (κ1) is 36.4. The van der Waals surface area contributed by atoms with Crippen molar-refractivity contribution in [1.82, 2.24) is 19.7 Å². The second-order valence-corrected chi connectivity index (χ2v) is 13.0. The number of aryl methyl sites for hydroxylation is 1. The number of anilines is 3. The van der Waals surface area contributed by atoms with Crippen LogP contribution in [0.2, 0.25) is 0 Å². The lowest BCUT2D eigenvalue weighted by Gasteiger charge is -2.23. The van der Waals surface area contributed by atoms with Crippen LogP contribution in [-0.4, -0.2) is 52.2 Å². The number of benzene rings is 4. The van der Waals surface area contributed by atoms with E-state index in [1.54, 1.807) is 30.5 Å². The molecular formula is C42H39N7O6. The summed E-state index contributed by atoms with van der Waals surface area (Å²) in [5, 5.41) is 11.4. The fraction of sp³-hybridized carbons (Fsp3) is 0.167. The number of nitrogens with zero attached hydrogens (tertiary/aromatic N) is 4. The SMILES string of the molecule is COc1cc(NC(=O)c2cc(=O)c3ccccc3o2)c(C(=O)Nc2ccc(CCN(Cc3ccc(N)nc3)Cc3ccc4c(cnn4C)c3)cc2)cc1OC. The van der Waals surface area contributed by atoms with Crippen LogP contribution in [0.1, 0.15) is 37.6 Å². The predicted molar refractivity (Wildman–Crippen MR) is 212 cm³/mol. The van der Waals surface area contributed by atoms with E-state index in [-0.39, 0.29) is 39.5 Å². The zero-order valence-corrected chi connectivity index (χ0v) is 30.5. The maximum Gasteiger partial charge on any atom is 0.291 e. The number of ether oxygens (including phenoxy) is 2. The second kappa shape index (κ2) is 15.9. The van der Waals surface area contributed by atoms with Crippen LogP contribution in [0.3, 0.4) is 0 Å². The van der Waals surface area contributed by atoms with E-state index in [1.165, 1.54) is 31.9 Å². The minimum Gasteiger partial charge on any atom is -0.493 e. The third kappa shape index (κ3) is 8.32. The van der Waals surface area contributed by atoms with Crippen LogP contribution in [0, 0.1) is 0 Å². The number of pyridine rings is 1. The smallest absolute Gasteiger partial charge is 0.291 e. The van der Waals surface area contributed by atoms with Crippen LogP contribution in [0.15, 0.2) is 119 Å². The number of nitrogen functional groups attached to an aromatic ring is 1. The topological polar surface area (TPSA) is 167 Å². The van der Waals surface area contributed by atoms with Crippen molar-refractivity contribution >= 4 is 50.9 Å². The molecule has 0 saturated carbocycles. The molecule has 0 aliphatic rings. The highest BCUT2D eigenvalue weighted by Crippen LogP contribution is 2.34. The molecule has 0 radical (unpaired) electrons. The average Bonchev–Trinajstić information content (AvgIpc) is 3.57. The minimum atomic E-state index is -0.715. The van der Waals surface area contributed by atoms with Crippen molar-refractivity contribution in [2.75, 3.05) is 37.1 Å². The summed E-state index contributed by atoms with van der Waals surface area (Å²) in [6.07, 6.45) is 4.44. The number of hydrogen-bond acceptors (Lipinski definition) is 10. The van der Waals surface area contributed by atoms with E-state index in [0.717, 1.165) is 47.6 Å². The Kier molecular flexibility index (Phi) is 10.5.